The molecule has 0 aromatic heterocycles. The van der Waals surface area contributed by atoms with Gasteiger partial charge in [-0.05, 0) is 56.0 Å². The summed E-state index contributed by atoms with van der Waals surface area (Å²) in [5.74, 6) is -0.489. The monoisotopic (exact) mass is 381 g/mol. The van der Waals surface area contributed by atoms with Crippen LogP contribution in [0.1, 0.15) is 38.7 Å². The van der Waals surface area contributed by atoms with Crippen LogP contribution in [0.25, 0.3) is 0 Å². The van der Waals surface area contributed by atoms with E-state index in [2.05, 4.69) is 9.89 Å². The van der Waals surface area contributed by atoms with Gasteiger partial charge in [0.2, 0.25) is 0 Å². The average molecular weight is 381 g/mol. The molecule has 0 bridgehead atoms. The molecule has 27 heavy (non-hydrogen) atoms. The van der Waals surface area contributed by atoms with Crippen molar-refractivity contribution in [2.24, 2.45) is 11.1 Å². The lowest BCUT2D eigenvalue weighted by atomic mass is 10.0. The highest BCUT2D eigenvalue weighted by Crippen LogP contribution is 2.25. The van der Waals surface area contributed by atoms with Gasteiger partial charge in [0.1, 0.15) is 12.4 Å². The number of carbonyl (C=O) groups is 1. The van der Waals surface area contributed by atoms with Crippen LogP contribution in [0, 0.1) is 5.92 Å². The van der Waals surface area contributed by atoms with Gasteiger partial charge in [-0.2, -0.15) is 0 Å². The molecule has 0 radical (unpaired) electrons. The van der Waals surface area contributed by atoms with Gasteiger partial charge in [-0.15, -0.1) is 0 Å². The summed E-state index contributed by atoms with van der Waals surface area (Å²) in [6.45, 7) is 4.68. The number of benzene rings is 1. The van der Waals surface area contributed by atoms with Crippen LogP contribution in [0.4, 0.5) is 4.79 Å². The van der Waals surface area contributed by atoms with Crippen molar-refractivity contribution >= 4 is 11.9 Å². The van der Waals surface area contributed by atoms with Crippen molar-refractivity contribution in [2.75, 3.05) is 26.9 Å². The van der Waals surface area contributed by atoms with E-state index in [9.17, 15) is 4.79 Å². The fraction of sp³-hybridized carbons (Fsp3) is 0.579. The second-order valence-corrected chi connectivity index (χ2v) is 6.45. The van der Waals surface area contributed by atoms with Gasteiger partial charge in [0.05, 0.1) is 26.0 Å². The molecule has 8 heteroatoms. The van der Waals surface area contributed by atoms with E-state index in [4.69, 9.17) is 24.2 Å². The zero-order chi connectivity index (χ0) is 19.7. The van der Waals surface area contributed by atoms with Crippen molar-refractivity contribution < 1.29 is 33.7 Å². The Bertz CT molecular complexity index is 621. The predicted molar refractivity (Wildman–Crippen MR) is 97.9 cm³/mol. The molecule has 8 nitrogen and oxygen atoms in total. The van der Waals surface area contributed by atoms with E-state index in [0.717, 1.165) is 36.3 Å². The van der Waals surface area contributed by atoms with Crippen molar-refractivity contribution in [1.82, 2.24) is 0 Å². The Hall–Kier alpha value is -2.32. The molecule has 1 N–H and O–H groups in total. The molecule has 1 heterocycles. The molecule has 0 atom stereocenters. The van der Waals surface area contributed by atoms with Crippen molar-refractivity contribution in [3.8, 4) is 5.75 Å². The minimum Gasteiger partial charge on any atom is -0.497 e. The van der Waals surface area contributed by atoms with Crippen LogP contribution in [-0.4, -0.2) is 49.9 Å². The summed E-state index contributed by atoms with van der Waals surface area (Å²) >= 11 is 0. The van der Waals surface area contributed by atoms with Crippen LogP contribution < -0.4 is 4.74 Å². The minimum absolute atomic E-state index is 0.208. The van der Waals surface area contributed by atoms with Gasteiger partial charge >= 0.3 is 12.1 Å². The Morgan fingerprint density at radius 1 is 1.26 bits per heavy atom. The van der Waals surface area contributed by atoms with Crippen molar-refractivity contribution in [2.45, 2.75) is 39.1 Å². The number of hydrogen-bond donors (Lipinski definition) is 1. The fourth-order valence-electron chi connectivity index (χ4n) is 2.64. The smallest absolute Gasteiger partial charge is 0.497 e. The zero-order valence-electron chi connectivity index (χ0n) is 16.0. The van der Waals surface area contributed by atoms with Gasteiger partial charge in [0.25, 0.3) is 0 Å². The third-order valence-electron chi connectivity index (χ3n) is 4.24. The second kappa shape index (κ2) is 10.1. The van der Waals surface area contributed by atoms with Crippen molar-refractivity contribution in [3.05, 3.63) is 29.8 Å². The van der Waals surface area contributed by atoms with Crippen LogP contribution in [-0.2, 0) is 19.0 Å². The molecule has 1 saturated heterocycles. The lowest BCUT2D eigenvalue weighted by Crippen LogP contribution is -2.45. The number of unbranched alkanes of at least 4 members (excludes halogenated alkanes) is 1. The number of ether oxygens (including phenoxy) is 4. The van der Waals surface area contributed by atoms with E-state index in [-0.39, 0.29) is 5.92 Å². The van der Waals surface area contributed by atoms with Gasteiger partial charge in [-0.25, -0.2) is 4.79 Å². The number of nitrogens with zero attached hydrogens (tertiary/aromatic N) is 1. The molecule has 0 amide bonds. The summed E-state index contributed by atoms with van der Waals surface area (Å²) in [6.07, 6.45) is 1.27. The molecule has 1 aromatic carbocycles. The topological polar surface area (TPSA) is 95.8 Å². The molecule has 0 aliphatic carbocycles. The summed E-state index contributed by atoms with van der Waals surface area (Å²) in [5.41, 5.74) is 1.79. The van der Waals surface area contributed by atoms with Crippen molar-refractivity contribution in [1.29, 1.82) is 0 Å². The molecular weight excluding hydrogens is 354 g/mol. The largest absolute Gasteiger partial charge is 0.510 e. The summed E-state index contributed by atoms with van der Waals surface area (Å²) in [7, 11) is 1.63. The average Bonchev–Trinajstić information content (AvgIpc) is 2.65. The molecule has 1 aliphatic rings. The Morgan fingerprint density at radius 2 is 1.93 bits per heavy atom. The first-order valence-corrected chi connectivity index (χ1v) is 8.92. The molecule has 1 fully saturated rings. The summed E-state index contributed by atoms with van der Waals surface area (Å²) in [5, 5.41) is 12.8. The van der Waals surface area contributed by atoms with E-state index in [1.807, 2.05) is 31.2 Å². The van der Waals surface area contributed by atoms with Crippen LogP contribution >= 0.6 is 0 Å². The lowest BCUT2D eigenvalue weighted by Gasteiger charge is -2.35. The maximum Gasteiger partial charge on any atom is 0.510 e. The summed E-state index contributed by atoms with van der Waals surface area (Å²) < 4.78 is 20.5. The number of rotatable bonds is 9. The van der Waals surface area contributed by atoms with Crippen LogP contribution in [0.3, 0.4) is 0 Å². The molecule has 0 spiro atoms. The summed E-state index contributed by atoms with van der Waals surface area (Å²) in [6, 6.07) is 7.64. The second-order valence-electron chi connectivity index (χ2n) is 6.45. The quantitative estimate of drug-likeness (QED) is 0.302. The van der Waals surface area contributed by atoms with E-state index >= 15 is 0 Å². The standard InChI is InChI=1S/C19H27NO7/c1-14(16-7-9-17(23-3)10-8-16)20-26-11-5-4-6-15-12-24-19(2,25-13-15)27-18(21)22/h7-10,15H,4-6,11-13H2,1-3H3,(H,21,22). The molecule has 2 rings (SSSR count). The van der Waals surface area contributed by atoms with Gasteiger partial charge < -0.3 is 28.9 Å². The zero-order valence-corrected chi connectivity index (χ0v) is 16.0. The van der Waals surface area contributed by atoms with E-state index in [1.54, 1.807) is 7.11 Å². The number of hydrogen-bond acceptors (Lipinski definition) is 7. The van der Waals surface area contributed by atoms with Gasteiger partial charge in [-0.3, -0.25) is 0 Å². The first-order valence-electron chi connectivity index (χ1n) is 8.92. The maximum absolute atomic E-state index is 10.6. The SMILES string of the molecule is COc1ccc(C(C)=NOCCCCC2COC(C)(OC(=O)O)OC2)cc1. The number of methoxy groups -OCH3 is 1. The molecule has 1 aliphatic heterocycles. The molecule has 150 valence electrons. The number of carboxylic acid groups (broad SMARTS) is 1. The Morgan fingerprint density at radius 3 is 2.52 bits per heavy atom. The van der Waals surface area contributed by atoms with Crippen LogP contribution in [0.2, 0.25) is 0 Å². The summed E-state index contributed by atoms with van der Waals surface area (Å²) in [4.78, 5) is 16.0. The Balaban J connectivity index is 1.60. The highest BCUT2D eigenvalue weighted by atomic mass is 16.9. The third kappa shape index (κ3) is 7.07. The highest BCUT2D eigenvalue weighted by Gasteiger charge is 2.36. The normalized spacial score (nSPS) is 22.9. The van der Waals surface area contributed by atoms with Gasteiger partial charge in [0.15, 0.2) is 0 Å². The van der Waals surface area contributed by atoms with E-state index < -0.39 is 12.1 Å². The molecule has 1 aromatic rings. The Labute approximate surface area is 159 Å². The Kier molecular flexibility index (Phi) is 7.87. The van der Waals surface area contributed by atoms with Crippen molar-refractivity contribution in [3.63, 3.8) is 0 Å². The first kappa shape index (κ1) is 21.0. The van der Waals surface area contributed by atoms with E-state index in [0.29, 0.717) is 19.8 Å². The minimum atomic E-state index is -1.50. The van der Waals surface area contributed by atoms with Gasteiger partial charge in [-0.1, -0.05) is 5.16 Å². The van der Waals surface area contributed by atoms with Crippen LogP contribution in [0.15, 0.2) is 29.4 Å². The third-order valence-corrected chi connectivity index (χ3v) is 4.24. The first-order chi connectivity index (χ1) is 12.9. The lowest BCUT2D eigenvalue weighted by molar-refractivity contribution is -0.379. The maximum atomic E-state index is 10.6. The van der Waals surface area contributed by atoms with Gasteiger partial charge in [0, 0.05) is 12.8 Å². The molecular formula is C19H27NO7. The predicted octanol–water partition coefficient (Wildman–Crippen LogP) is 3.64. The molecule has 0 saturated carbocycles. The fourth-order valence-corrected chi connectivity index (χ4v) is 2.64. The molecule has 0 unspecified atom stereocenters. The van der Waals surface area contributed by atoms with E-state index in [1.165, 1.54) is 6.92 Å². The highest BCUT2D eigenvalue weighted by molar-refractivity contribution is 5.98. The van der Waals surface area contributed by atoms with Crippen LogP contribution in [0.5, 0.6) is 5.75 Å². The number of oxime groups is 1.